The summed E-state index contributed by atoms with van der Waals surface area (Å²) < 4.78 is 11.6. The highest BCUT2D eigenvalue weighted by molar-refractivity contribution is 6.00. The molecule has 0 unspecified atom stereocenters. The van der Waals surface area contributed by atoms with Gasteiger partial charge in [0.05, 0.1) is 14.2 Å². The molecule has 0 radical (unpaired) electrons. The predicted molar refractivity (Wildman–Crippen MR) is 122 cm³/mol. The third-order valence-corrected chi connectivity index (χ3v) is 5.19. The van der Waals surface area contributed by atoms with Gasteiger partial charge in [-0.1, -0.05) is 48.5 Å². The zero-order valence-electron chi connectivity index (χ0n) is 18.3. The van der Waals surface area contributed by atoms with Crippen LogP contribution in [0.5, 0.6) is 0 Å². The van der Waals surface area contributed by atoms with Crippen LogP contribution in [0, 0.1) is 0 Å². The number of esters is 2. The predicted octanol–water partition coefficient (Wildman–Crippen LogP) is 3.10. The molecule has 9 heteroatoms. The van der Waals surface area contributed by atoms with Gasteiger partial charge in [-0.05, 0) is 23.6 Å². The number of ether oxygens (including phenoxy) is 2. The number of anilines is 1. The van der Waals surface area contributed by atoms with E-state index in [1.807, 2.05) is 30.3 Å². The SMILES string of the molecule is COC(=O)c1nnc(NCCc2cn(Cc3ccccc3)c3ccccc23)nc1C(=O)OC. The molecule has 0 bridgehead atoms. The molecule has 168 valence electrons. The summed E-state index contributed by atoms with van der Waals surface area (Å²) in [5.74, 6) is -1.48. The topological polar surface area (TPSA) is 108 Å². The van der Waals surface area contributed by atoms with Crippen LogP contribution >= 0.6 is 0 Å². The Morgan fingerprint density at radius 3 is 2.36 bits per heavy atom. The van der Waals surface area contributed by atoms with Gasteiger partial charge in [0, 0.05) is 30.2 Å². The van der Waals surface area contributed by atoms with Crippen LogP contribution in [-0.2, 0) is 22.4 Å². The molecule has 0 aliphatic rings. The van der Waals surface area contributed by atoms with Gasteiger partial charge in [0.2, 0.25) is 11.6 Å². The molecule has 0 amide bonds. The third kappa shape index (κ3) is 4.82. The number of fused-ring (bicyclic) bond motifs is 1. The van der Waals surface area contributed by atoms with E-state index in [0.717, 1.165) is 12.1 Å². The molecule has 0 fully saturated rings. The normalized spacial score (nSPS) is 10.7. The molecule has 0 saturated carbocycles. The first-order valence-electron chi connectivity index (χ1n) is 10.4. The molecule has 2 heterocycles. The van der Waals surface area contributed by atoms with Gasteiger partial charge in [-0.25, -0.2) is 14.6 Å². The van der Waals surface area contributed by atoms with Crippen molar-refractivity contribution in [3.63, 3.8) is 0 Å². The van der Waals surface area contributed by atoms with Gasteiger partial charge in [0.15, 0.2) is 5.69 Å². The van der Waals surface area contributed by atoms with Gasteiger partial charge >= 0.3 is 11.9 Å². The van der Waals surface area contributed by atoms with Crippen molar-refractivity contribution in [2.24, 2.45) is 0 Å². The Labute approximate surface area is 190 Å². The molecule has 0 spiro atoms. The van der Waals surface area contributed by atoms with E-state index in [1.165, 1.54) is 30.7 Å². The summed E-state index contributed by atoms with van der Waals surface area (Å²) in [7, 11) is 2.38. The van der Waals surface area contributed by atoms with Crippen LogP contribution in [0.15, 0.2) is 60.8 Å². The van der Waals surface area contributed by atoms with Crippen molar-refractivity contribution in [3.8, 4) is 0 Å². The minimum atomic E-state index is -0.812. The average Bonchev–Trinajstić information content (AvgIpc) is 3.21. The van der Waals surface area contributed by atoms with Crippen molar-refractivity contribution >= 4 is 28.8 Å². The molecular formula is C24H23N5O4. The number of carbonyl (C=O) groups is 2. The average molecular weight is 445 g/mol. The molecule has 0 saturated heterocycles. The lowest BCUT2D eigenvalue weighted by Gasteiger charge is -2.07. The Morgan fingerprint density at radius 1 is 0.909 bits per heavy atom. The Morgan fingerprint density at radius 2 is 1.61 bits per heavy atom. The fourth-order valence-electron chi connectivity index (χ4n) is 3.62. The van der Waals surface area contributed by atoms with E-state index in [9.17, 15) is 9.59 Å². The number of rotatable bonds is 8. The van der Waals surface area contributed by atoms with Gasteiger partial charge < -0.3 is 19.4 Å². The van der Waals surface area contributed by atoms with E-state index in [0.29, 0.717) is 13.0 Å². The Kier molecular flexibility index (Phi) is 6.58. The molecule has 2 aromatic heterocycles. The zero-order valence-corrected chi connectivity index (χ0v) is 18.3. The number of carbonyl (C=O) groups excluding carboxylic acids is 2. The summed E-state index contributed by atoms with van der Waals surface area (Å²) >= 11 is 0. The number of aromatic nitrogens is 4. The maximum Gasteiger partial charge on any atom is 0.361 e. The molecule has 0 aliphatic carbocycles. The number of para-hydroxylation sites is 1. The second kappa shape index (κ2) is 9.90. The molecule has 1 N–H and O–H groups in total. The highest BCUT2D eigenvalue weighted by Gasteiger charge is 2.23. The smallest absolute Gasteiger partial charge is 0.361 e. The zero-order chi connectivity index (χ0) is 23.2. The maximum atomic E-state index is 12.0. The summed E-state index contributed by atoms with van der Waals surface area (Å²) in [4.78, 5) is 27.9. The van der Waals surface area contributed by atoms with E-state index < -0.39 is 11.9 Å². The minimum Gasteiger partial charge on any atom is -0.464 e. The van der Waals surface area contributed by atoms with E-state index >= 15 is 0 Å². The Balaban J connectivity index is 1.51. The summed E-state index contributed by atoms with van der Waals surface area (Å²) in [5.41, 5.74) is 3.01. The van der Waals surface area contributed by atoms with Crippen molar-refractivity contribution in [2.75, 3.05) is 26.1 Å². The molecule has 0 atom stereocenters. The van der Waals surface area contributed by atoms with Crippen LogP contribution in [-0.4, -0.2) is 52.5 Å². The molecule has 9 nitrogen and oxygen atoms in total. The number of hydrogen-bond donors (Lipinski definition) is 1. The highest BCUT2D eigenvalue weighted by atomic mass is 16.5. The van der Waals surface area contributed by atoms with Gasteiger partial charge in [-0.3, -0.25) is 0 Å². The Bertz CT molecular complexity index is 1290. The monoisotopic (exact) mass is 445 g/mol. The van der Waals surface area contributed by atoms with Crippen molar-refractivity contribution in [1.29, 1.82) is 0 Å². The van der Waals surface area contributed by atoms with E-state index in [4.69, 9.17) is 4.74 Å². The summed E-state index contributed by atoms with van der Waals surface area (Å²) in [6.07, 6.45) is 2.84. The first kappa shape index (κ1) is 21.9. The fourth-order valence-corrected chi connectivity index (χ4v) is 3.62. The summed E-state index contributed by atoms with van der Waals surface area (Å²) in [6.45, 7) is 1.28. The number of benzene rings is 2. The van der Waals surface area contributed by atoms with Crippen LogP contribution in [0.25, 0.3) is 10.9 Å². The van der Waals surface area contributed by atoms with Crippen molar-refractivity contribution in [3.05, 3.63) is 83.3 Å². The highest BCUT2D eigenvalue weighted by Crippen LogP contribution is 2.23. The van der Waals surface area contributed by atoms with Crippen molar-refractivity contribution in [2.45, 2.75) is 13.0 Å². The lowest BCUT2D eigenvalue weighted by Crippen LogP contribution is -2.19. The maximum absolute atomic E-state index is 12.0. The lowest BCUT2D eigenvalue weighted by molar-refractivity contribution is 0.0543. The van der Waals surface area contributed by atoms with Gasteiger partial charge in [-0.2, -0.15) is 0 Å². The van der Waals surface area contributed by atoms with Gasteiger partial charge in [-0.15, -0.1) is 10.2 Å². The third-order valence-electron chi connectivity index (χ3n) is 5.19. The number of hydrogen-bond acceptors (Lipinski definition) is 8. The van der Waals surface area contributed by atoms with Crippen LogP contribution in [0.3, 0.4) is 0 Å². The standard InChI is InChI=1S/C24H23N5O4/c1-32-22(30)20-21(23(31)33-2)27-28-24(26-20)25-13-12-17-15-29(14-16-8-4-3-5-9-16)19-11-7-6-10-18(17)19/h3-11,15H,12-14H2,1-2H3,(H,25,26,28). The van der Waals surface area contributed by atoms with Crippen LogP contribution in [0.4, 0.5) is 5.95 Å². The van der Waals surface area contributed by atoms with Gasteiger partial charge in [0.25, 0.3) is 0 Å². The summed E-state index contributed by atoms with van der Waals surface area (Å²) in [6, 6.07) is 18.6. The second-order valence-corrected chi connectivity index (χ2v) is 7.28. The molecular weight excluding hydrogens is 422 g/mol. The molecule has 0 aliphatic heterocycles. The van der Waals surface area contributed by atoms with Crippen LogP contribution < -0.4 is 5.32 Å². The number of nitrogens with one attached hydrogen (secondary N) is 1. The van der Waals surface area contributed by atoms with Gasteiger partial charge in [0.1, 0.15) is 0 Å². The first-order valence-corrected chi connectivity index (χ1v) is 10.4. The fraction of sp³-hybridized carbons (Fsp3) is 0.208. The van der Waals surface area contributed by atoms with Crippen molar-refractivity contribution in [1.82, 2.24) is 19.7 Å². The molecule has 2 aromatic carbocycles. The number of nitrogens with zero attached hydrogens (tertiary/aromatic N) is 4. The quantitative estimate of drug-likeness (QED) is 0.412. The second-order valence-electron chi connectivity index (χ2n) is 7.28. The minimum absolute atomic E-state index is 0.121. The Hall–Kier alpha value is -4.27. The largest absolute Gasteiger partial charge is 0.464 e. The van der Waals surface area contributed by atoms with Crippen LogP contribution in [0.2, 0.25) is 0 Å². The summed E-state index contributed by atoms with van der Waals surface area (Å²) in [5, 5.41) is 11.9. The molecule has 4 rings (SSSR count). The first-order chi connectivity index (χ1) is 16.1. The number of methoxy groups -OCH3 is 2. The van der Waals surface area contributed by atoms with Crippen molar-refractivity contribution < 1.29 is 19.1 Å². The van der Waals surface area contributed by atoms with E-state index in [1.54, 1.807) is 0 Å². The van der Waals surface area contributed by atoms with E-state index in [2.05, 4.69) is 60.3 Å². The lowest BCUT2D eigenvalue weighted by atomic mass is 10.1. The van der Waals surface area contributed by atoms with Crippen LogP contribution in [0.1, 0.15) is 32.1 Å². The molecule has 33 heavy (non-hydrogen) atoms. The van der Waals surface area contributed by atoms with E-state index in [-0.39, 0.29) is 17.3 Å². The molecule has 4 aromatic rings.